The van der Waals surface area contributed by atoms with Gasteiger partial charge in [0.1, 0.15) is 11.9 Å². The molecule has 0 heterocycles. The first-order chi connectivity index (χ1) is 14.6. The smallest absolute Gasteiger partial charge is 0.407 e. The molecule has 2 atom stereocenters. The van der Waals surface area contributed by atoms with Gasteiger partial charge in [0.2, 0.25) is 0 Å². The van der Waals surface area contributed by atoms with Gasteiger partial charge in [-0.3, -0.25) is 4.79 Å². The van der Waals surface area contributed by atoms with E-state index in [9.17, 15) is 9.59 Å². The molecule has 6 heteroatoms. The Hall–Kier alpha value is -3.02. The third-order valence-corrected chi connectivity index (χ3v) is 5.72. The van der Waals surface area contributed by atoms with E-state index in [-0.39, 0.29) is 23.5 Å². The molecule has 1 fully saturated rings. The maximum Gasteiger partial charge on any atom is 0.407 e. The molecular formula is C24H30N2O4. The van der Waals surface area contributed by atoms with Gasteiger partial charge in [-0.05, 0) is 50.3 Å². The maximum absolute atomic E-state index is 12.9. The van der Waals surface area contributed by atoms with Crippen LogP contribution in [0.3, 0.4) is 0 Å². The Morgan fingerprint density at radius 3 is 2.53 bits per heavy atom. The molecule has 0 spiro atoms. The Morgan fingerprint density at radius 2 is 1.80 bits per heavy atom. The molecule has 2 aromatic carbocycles. The van der Waals surface area contributed by atoms with E-state index >= 15 is 0 Å². The standard InChI is InChI=1S/C24H30N2O4/c1-3-25-23(28)30-19-12-9-15-24(16-19,18-10-5-4-6-11-18)17-26-22(27)20-13-7-8-14-21(20)29-2/h4-8,10-11,13-14,19H,3,9,12,15-17H2,1-2H3,(H,25,28)(H,26,27)/t19-,24+/m0/s1. The molecule has 0 unspecified atom stereocenters. The minimum atomic E-state index is -0.385. The van der Waals surface area contributed by atoms with Crippen LogP contribution in [0.4, 0.5) is 4.79 Å². The topological polar surface area (TPSA) is 76.7 Å². The molecule has 160 valence electrons. The number of carbonyl (C=O) groups excluding carboxylic acids is 2. The lowest BCUT2D eigenvalue weighted by Gasteiger charge is -2.41. The van der Waals surface area contributed by atoms with Gasteiger partial charge in [-0.2, -0.15) is 0 Å². The fraction of sp³-hybridized carbons (Fsp3) is 0.417. The molecule has 0 bridgehead atoms. The average Bonchev–Trinajstić information content (AvgIpc) is 2.78. The molecule has 0 aromatic heterocycles. The molecular weight excluding hydrogens is 380 g/mol. The van der Waals surface area contributed by atoms with E-state index in [1.807, 2.05) is 37.3 Å². The van der Waals surface area contributed by atoms with E-state index in [4.69, 9.17) is 9.47 Å². The molecule has 3 rings (SSSR count). The lowest BCUT2D eigenvalue weighted by Crippen LogP contribution is -2.46. The number of para-hydroxylation sites is 1. The van der Waals surface area contributed by atoms with E-state index in [2.05, 4.69) is 22.8 Å². The highest BCUT2D eigenvalue weighted by molar-refractivity contribution is 5.97. The predicted molar refractivity (Wildman–Crippen MR) is 116 cm³/mol. The zero-order valence-electron chi connectivity index (χ0n) is 17.6. The fourth-order valence-electron chi connectivity index (χ4n) is 4.24. The quantitative estimate of drug-likeness (QED) is 0.722. The highest BCUT2D eigenvalue weighted by Gasteiger charge is 2.39. The highest BCUT2D eigenvalue weighted by Crippen LogP contribution is 2.40. The van der Waals surface area contributed by atoms with Gasteiger partial charge in [0.05, 0.1) is 12.7 Å². The molecule has 30 heavy (non-hydrogen) atoms. The van der Waals surface area contributed by atoms with Crippen molar-refractivity contribution >= 4 is 12.0 Å². The molecule has 0 aliphatic heterocycles. The van der Waals surface area contributed by atoms with Crippen LogP contribution < -0.4 is 15.4 Å². The first-order valence-electron chi connectivity index (χ1n) is 10.5. The number of amides is 2. The van der Waals surface area contributed by atoms with Crippen molar-refractivity contribution in [1.29, 1.82) is 0 Å². The molecule has 6 nitrogen and oxygen atoms in total. The average molecular weight is 411 g/mol. The van der Waals surface area contributed by atoms with E-state index in [1.165, 1.54) is 0 Å². The molecule has 0 saturated heterocycles. The van der Waals surface area contributed by atoms with E-state index in [0.717, 1.165) is 24.8 Å². The number of alkyl carbamates (subject to hydrolysis) is 1. The van der Waals surface area contributed by atoms with Crippen molar-refractivity contribution in [3.8, 4) is 5.75 Å². The van der Waals surface area contributed by atoms with Crippen molar-refractivity contribution in [2.75, 3.05) is 20.2 Å². The Balaban J connectivity index is 1.79. The van der Waals surface area contributed by atoms with Crippen LogP contribution in [0.5, 0.6) is 5.75 Å². The van der Waals surface area contributed by atoms with Gasteiger partial charge in [0, 0.05) is 18.5 Å². The molecule has 1 aliphatic rings. The summed E-state index contributed by atoms with van der Waals surface area (Å²) in [6.07, 6.45) is 2.76. The Morgan fingerprint density at radius 1 is 1.07 bits per heavy atom. The minimum Gasteiger partial charge on any atom is -0.496 e. The number of benzene rings is 2. The van der Waals surface area contributed by atoms with Crippen LogP contribution in [0, 0.1) is 0 Å². The molecule has 1 saturated carbocycles. The summed E-state index contributed by atoms with van der Waals surface area (Å²) in [6.45, 7) is 2.86. The zero-order valence-corrected chi connectivity index (χ0v) is 17.6. The normalized spacial score (nSPS) is 20.8. The molecule has 2 N–H and O–H groups in total. The Labute approximate surface area is 178 Å². The van der Waals surface area contributed by atoms with Gasteiger partial charge < -0.3 is 20.1 Å². The summed E-state index contributed by atoms with van der Waals surface area (Å²) in [5, 5.41) is 5.81. The largest absolute Gasteiger partial charge is 0.496 e. The van der Waals surface area contributed by atoms with Crippen LogP contribution in [-0.4, -0.2) is 38.3 Å². The van der Waals surface area contributed by atoms with Crippen LogP contribution >= 0.6 is 0 Å². The number of methoxy groups -OCH3 is 1. The van der Waals surface area contributed by atoms with Crippen LogP contribution in [0.1, 0.15) is 48.5 Å². The Kier molecular flexibility index (Phi) is 7.33. The number of nitrogens with one attached hydrogen (secondary N) is 2. The van der Waals surface area contributed by atoms with Crippen molar-refractivity contribution < 1.29 is 19.1 Å². The fourth-order valence-corrected chi connectivity index (χ4v) is 4.24. The SMILES string of the molecule is CCNC(=O)O[C@H]1CCC[C@@](CNC(=O)c2ccccc2OC)(c2ccccc2)C1. The van der Waals surface area contributed by atoms with E-state index < -0.39 is 0 Å². The molecule has 0 radical (unpaired) electrons. The summed E-state index contributed by atoms with van der Waals surface area (Å²) >= 11 is 0. The first-order valence-corrected chi connectivity index (χ1v) is 10.5. The van der Waals surface area contributed by atoms with Crippen molar-refractivity contribution in [3.05, 3.63) is 65.7 Å². The predicted octanol–water partition coefficient (Wildman–Crippen LogP) is 4.05. The van der Waals surface area contributed by atoms with Crippen LogP contribution in [0.2, 0.25) is 0 Å². The number of carbonyl (C=O) groups is 2. The van der Waals surface area contributed by atoms with Gasteiger partial charge in [0.25, 0.3) is 5.91 Å². The summed E-state index contributed by atoms with van der Waals surface area (Å²) in [4.78, 5) is 24.9. The van der Waals surface area contributed by atoms with Crippen LogP contribution in [-0.2, 0) is 10.2 Å². The van der Waals surface area contributed by atoms with Crippen LogP contribution in [0.25, 0.3) is 0 Å². The van der Waals surface area contributed by atoms with Gasteiger partial charge in [-0.15, -0.1) is 0 Å². The maximum atomic E-state index is 12.9. The number of hydrogen-bond acceptors (Lipinski definition) is 4. The van der Waals surface area contributed by atoms with E-state index in [1.54, 1.807) is 19.2 Å². The van der Waals surface area contributed by atoms with Gasteiger partial charge in [-0.25, -0.2) is 4.79 Å². The molecule has 2 amide bonds. The van der Waals surface area contributed by atoms with Crippen molar-refractivity contribution in [2.45, 2.75) is 44.1 Å². The summed E-state index contributed by atoms with van der Waals surface area (Å²) in [5.74, 6) is 0.374. The third kappa shape index (κ3) is 5.12. The van der Waals surface area contributed by atoms with Crippen molar-refractivity contribution in [3.63, 3.8) is 0 Å². The lowest BCUT2D eigenvalue weighted by atomic mass is 9.68. The number of hydrogen-bond donors (Lipinski definition) is 2. The van der Waals surface area contributed by atoms with Gasteiger partial charge >= 0.3 is 6.09 Å². The third-order valence-electron chi connectivity index (χ3n) is 5.72. The van der Waals surface area contributed by atoms with Crippen molar-refractivity contribution in [2.24, 2.45) is 0 Å². The van der Waals surface area contributed by atoms with Gasteiger partial charge in [-0.1, -0.05) is 42.5 Å². The second kappa shape index (κ2) is 10.1. The van der Waals surface area contributed by atoms with Gasteiger partial charge in [0.15, 0.2) is 0 Å². The monoisotopic (exact) mass is 410 g/mol. The molecule has 1 aliphatic carbocycles. The minimum absolute atomic E-state index is 0.172. The summed E-state index contributed by atoms with van der Waals surface area (Å²) in [5.41, 5.74) is 1.36. The van der Waals surface area contributed by atoms with Crippen molar-refractivity contribution in [1.82, 2.24) is 10.6 Å². The number of ether oxygens (including phenoxy) is 2. The summed E-state index contributed by atoms with van der Waals surface area (Å²) in [7, 11) is 1.56. The van der Waals surface area contributed by atoms with E-state index in [0.29, 0.717) is 30.8 Å². The number of rotatable bonds is 7. The first kappa shape index (κ1) is 21.7. The summed E-state index contributed by atoms with van der Waals surface area (Å²) in [6, 6.07) is 17.4. The lowest BCUT2D eigenvalue weighted by molar-refractivity contribution is 0.0489. The second-order valence-corrected chi connectivity index (χ2v) is 7.68. The van der Waals surface area contributed by atoms with Crippen LogP contribution in [0.15, 0.2) is 54.6 Å². The Bertz CT molecular complexity index is 855. The summed E-state index contributed by atoms with van der Waals surface area (Å²) < 4.78 is 11.0. The highest BCUT2D eigenvalue weighted by atomic mass is 16.6. The zero-order chi connectivity index (χ0) is 21.4. The second-order valence-electron chi connectivity index (χ2n) is 7.68. The molecule has 2 aromatic rings.